The average molecular weight is 246 g/mol. The Hall–Kier alpha value is -1.31. The van der Waals surface area contributed by atoms with Crippen LogP contribution in [0.4, 0.5) is 0 Å². The normalized spacial score (nSPS) is 14.1. The number of aromatic nitrogens is 2. The minimum atomic E-state index is 0.661. The number of nitrogens with zero attached hydrogens (tertiary/aromatic N) is 2. The first-order valence-electron chi connectivity index (χ1n) is 7.28. The lowest BCUT2D eigenvalue weighted by atomic mass is 9.93. The van der Waals surface area contributed by atoms with Crippen LogP contribution in [0.2, 0.25) is 0 Å². The molecule has 1 aromatic carbocycles. The van der Waals surface area contributed by atoms with Crippen molar-refractivity contribution < 1.29 is 0 Å². The second-order valence-electron chi connectivity index (χ2n) is 4.24. The maximum absolute atomic E-state index is 4.48. The summed E-state index contributed by atoms with van der Waals surface area (Å²) in [5, 5.41) is 5.74. The molecule has 2 aromatic rings. The fourth-order valence-electron chi connectivity index (χ4n) is 2.07. The first kappa shape index (κ1) is 14.7. The Morgan fingerprint density at radius 1 is 1.11 bits per heavy atom. The van der Waals surface area contributed by atoms with Crippen molar-refractivity contribution in [3.8, 4) is 0 Å². The Bertz CT molecular complexity index is 467. The van der Waals surface area contributed by atoms with Crippen molar-refractivity contribution in [3.05, 3.63) is 30.0 Å². The topological polar surface area (TPSA) is 17.8 Å². The smallest absolute Gasteiger partial charge is 0.0688 e. The first-order valence-corrected chi connectivity index (χ1v) is 7.28. The van der Waals surface area contributed by atoms with Crippen molar-refractivity contribution in [1.82, 2.24) is 9.78 Å². The summed E-state index contributed by atoms with van der Waals surface area (Å²) in [6, 6.07) is 7.21. The molecule has 0 unspecified atom stereocenters. The molecule has 0 atom stereocenters. The molecule has 0 bridgehead atoms. The molecule has 3 rings (SSSR count). The lowest BCUT2D eigenvalue weighted by molar-refractivity contribution is 0.297. The molecule has 2 heteroatoms. The standard InChI is InChI=1S/C12H14N2.2C2H6/c1-9-5-6-10-8-13-14(12(10)7-9)11-3-2-4-11;2*1-2/h5-8,11H,2-4H2,1H3;2*1-2H3. The Morgan fingerprint density at radius 2 is 1.78 bits per heavy atom. The number of hydrogen-bond donors (Lipinski definition) is 0. The van der Waals surface area contributed by atoms with Gasteiger partial charge in [0.1, 0.15) is 0 Å². The molecule has 0 radical (unpaired) electrons. The highest BCUT2D eigenvalue weighted by molar-refractivity contribution is 5.79. The molecule has 0 spiro atoms. The largest absolute Gasteiger partial charge is 0.262 e. The van der Waals surface area contributed by atoms with Crippen LogP contribution in [0.15, 0.2) is 24.4 Å². The van der Waals surface area contributed by atoms with Crippen LogP contribution >= 0.6 is 0 Å². The molecule has 0 amide bonds. The molecule has 2 nitrogen and oxygen atoms in total. The van der Waals surface area contributed by atoms with Crippen LogP contribution in [-0.4, -0.2) is 9.78 Å². The fraction of sp³-hybridized carbons (Fsp3) is 0.562. The number of aryl methyl sites for hydroxylation is 1. The molecule has 1 aromatic heterocycles. The molecule has 1 aliphatic carbocycles. The van der Waals surface area contributed by atoms with Crippen molar-refractivity contribution >= 4 is 10.9 Å². The third kappa shape index (κ3) is 2.92. The van der Waals surface area contributed by atoms with E-state index in [0.29, 0.717) is 6.04 Å². The Labute approximate surface area is 111 Å². The fourth-order valence-corrected chi connectivity index (χ4v) is 2.07. The third-order valence-corrected chi connectivity index (χ3v) is 3.17. The second-order valence-corrected chi connectivity index (χ2v) is 4.24. The number of benzene rings is 1. The quantitative estimate of drug-likeness (QED) is 0.682. The second kappa shape index (κ2) is 7.20. The zero-order valence-corrected chi connectivity index (χ0v) is 12.4. The molecular weight excluding hydrogens is 220 g/mol. The summed E-state index contributed by atoms with van der Waals surface area (Å²) in [6.45, 7) is 10.1. The molecular formula is C16H26N2. The first-order chi connectivity index (χ1) is 8.84. The van der Waals surface area contributed by atoms with Crippen LogP contribution in [0.5, 0.6) is 0 Å². The number of hydrogen-bond acceptors (Lipinski definition) is 1. The molecule has 100 valence electrons. The van der Waals surface area contributed by atoms with Gasteiger partial charge in [0.2, 0.25) is 0 Å². The highest BCUT2D eigenvalue weighted by Crippen LogP contribution is 2.33. The van der Waals surface area contributed by atoms with E-state index < -0.39 is 0 Å². The lowest BCUT2D eigenvalue weighted by Gasteiger charge is -2.26. The highest BCUT2D eigenvalue weighted by atomic mass is 15.3. The van der Waals surface area contributed by atoms with Crippen LogP contribution in [-0.2, 0) is 0 Å². The van der Waals surface area contributed by atoms with Crippen LogP contribution in [0.25, 0.3) is 10.9 Å². The van der Waals surface area contributed by atoms with Gasteiger partial charge in [-0.15, -0.1) is 0 Å². The molecule has 0 saturated heterocycles. The molecule has 1 fully saturated rings. The van der Waals surface area contributed by atoms with Crippen molar-refractivity contribution in [1.29, 1.82) is 0 Å². The van der Waals surface area contributed by atoms with E-state index in [0.717, 1.165) is 0 Å². The summed E-state index contributed by atoms with van der Waals surface area (Å²) in [7, 11) is 0. The van der Waals surface area contributed by atoms with Crippen molar-refractivity contribution in [2.45, 2.75) is 59.9 Å². The predicted octanol–water partition coefficient (Wildman–Crippen LogP) is 5.12. The van der Waals surface area contributed by atoms with Crippen LogP contribution in [0.3, 0.4) is 0 Å². The minimum Gasteiger partial charge on any atom is -0.262 e. The van der Waals surface area contributed by atoms with E-state index in [4.69, 9.17) is 0 Å². The monoisotopic (exact) mass is 246 g/mol. The number of fused-ring (bicyclic) bond motifs is 1. The molecule has 1 aliphatic rings. The SMILES string of the molecule is CC.CC.Cc1ccc2cnn(C3CCC3)c2c1. The minimum absolute atomic E-state index is 0.661. The maximum Gasteiger partial charge on any atom is 0.0688 e. The molecule has 0 aliphatic heterocycles. The van der Waals surface area contributed by atoms with E-state index in [-0.39, 0.29) is 0 Å². The number of rotatable bonds is 1. The van der Waals surface area contributed by atoms with E-state index in [2.05, 4.69) is 34.9 Å². The Kier molecular flexibility index (Phi) is 5.90. The maximum atomic E-state index is 4.48. The van der Waals surface area contributed by atoms with Crippen LogP contribution in [0, 0.1) is 6.92 Å². The summed E-state index contributed by atoms with van der Waals surface area (Å²) < 4.78 is 2.20. The van der Waals surface area contributed by atoms with Gasteiger partial charge in [0.05, 0.1) is 17.8 Å². The van der Waals surface area contributed by atoms with Crippen molar-refractivity contribution in [2.75, 3.05) is 0 Å². The molecule has 1 heterocycles. The van der Waals surface area contributed by atoms with Gasteiger partial charge in [0, 0.05) is 5.39 Å². The summed E-state index contributed by atoms with van der Waals surface area (Å²) in [4.78, 5) is 0. The Balaban J connectivity index is 0.000000371. The van der Waals surface area contributed by atoms with Crippen LogP contribution in [0.1, 0.15) is 58.6 Å². The predicted molar refractivity (Wildman–Crippen MR) is 80.1 cm³/mol. The van der Waals surface area contributed by atoms with Crippen molar-refractivity contribution in [2.24, 2.45) is 0 Å². The van der Waals surface area contributed by atoms with Gasteiger partial charge in [-0.3, -0.25) is 4.68 Å². The van der Waals surface area contributed by atoms with Crippen LogP contribution < -0.4 is 0 Å². The van der Waals surface area contributed by atoms with E-state index >= 15 is 0 Å². The van der Waals surface area contributed by atoms with Crippen molar-refractivity contribution in [3.63, 3.8) is 0 Å². The van der Waals surface area contributed by atoms with Gasteiger partial charge in [-0.05, 0) is 37.8 Å². The average Bonchev–Trinajstić information content (AvgIpc) is 2.76. The van der Waals surface area contributed by atoms with E-state index in [1.54, 1.807) is 0 Å². The zero-order chi connectivity index (χ0) is 13.5. The van der Waals surface area contributed by atoms with Gasteiger partial charge in [-0.1, -0.05) is 39.8 Å². The zero-order valence-electron chi connectivity index (χ0n) is 12.4. The summed E-state index contributed by atoms with van der Waals surface area (Å²) in [5.74, 6) is 0. The molecule has 0 N–H and O–H groups in total. The van der Waals surface area contributed by atoms with Gasteiger partial charge >= 0.3 is 0 Å². The third-order valence-electron chi connectivity index (χ3n) is 3.17. The van der Waals surface area contributed by atoms with Gasteiger partial charge < -0.3 is 0 Å². The highest BCUT2D eigenvalue weighted by Gasteiger charge is 2.21. The van der Waals surface area contributed by atoms with Gasteiger partial charge in [0.25, 0.3) is 0 Å². The van der Waals surface area contributed by atoms with Gasteiger partial charge in [-0.2, -0.15) is 5.10 Å². The lowest BCUT2D eigenvalue weighted by Crippen LogP contribution is -2.17. The van der Waals surface area contributed by atoms with Gasteiger partial charge in [0.15, 0.2) is 0 Å². The van der Waals surface area contributed by atoms with E-state index in [1.807, 2.05) is 33.9 Å². The summed E-state index contributed by atoms with van der Waals surface area (Å²) >= 11 is 0. The van der Waals surface area contributed by atoms with Gasteiger partial charge in [-0.25, -0.2) is 0 Å². The van der Waals surface area contributed by atoms with E-state index in [9.17, 15) is 0 Å². The summed E-state index contributed by atoms with van der Waals surface area (Å²) in [5.41, 5.74) is 2.62. The summed E-state index contributed by atoms with van der Waals surface area (Å²) in [6.07, 6.45) is 5.93. The Morgan fingerprint density at radius 3 is 2.33 bits per heavy atom. The molecule has 18 heavy (non-hydrogen) atoms. The van der Waals surface area contributed by atoms with E-state index in [1.165, 1.54) is 35.7 Å². The molecule has 1 saturated carbocycles.